The molecule has 0 aliphatic heterocycles. The van der Waals surface area contributed by atoms with Crippen molar-refractivity contribution >= 4 is 0 Å². The molecule has 2 N–H and O–H groups in total. The third kappa shape index (κ3) is 2.41. The van der Waals surface area contributed by atoms with Gasteiger partial charge in [-0.2, -0.15) is 5.10 Å². The van der Waals surface area contributed by atoms with Gasteiger partial charge in [-0.25, -0.2) is 9.89 Å². The van der Waals surface area contributed by atoms with Gasteiger partial charge in [-0.05, 0) is 6.07 Å². The summed E-state index contributed by atoms with van der Waals surface area (Å²) >= 11 is 0. The lowest BCUT2D eigenvalue weighted by molar-refractivity contribution is 0.410. The Kier molecular flexibility index (Phi) is 3.04. The van der Waals surface area contributed by atoms with Gasteiger partial charge in [0.15, 0.2) is 0 Å². The van der Waals surface area contributed by atoms with Crippen LogP contribution >= 0.6 is 0 Å². The Bertz CT molecular complexity index is 630. The predicted octanol–water partition coefficient (Wildman–Crippen LogP) is 0.0576. The van der Waals surface area contributed by atoms with Crippen LogP contribution in [0.15, 0.2) is 33.9 Å². The fourth-order valence-corrected chi connectivity index (χ4v) is 1.52. The molecule has 0 radical (unpaired) electrons. The van der Waals surface area contributed by atoms with Gasteiger partial charge < -0.3 is 4.74 Å². The number of aromatic nitrogens is 3. The van der Waals surface area contributed by atoms with Gasteiger partial charge >= 0.3 is 5.69 Å². The van der Waals surface area contributed by atoms with E-state index in [1.165, 1.54) is 0 Å². The summed E-state index contributed by atoms with van der Waals surface area (Å²) in [6.07, 6.45) is 0.302. The first-order valence-corrected chi connectivity index (χ1v) is 5.00. The molecule has 0 fully saturated rings. The summed E-state index contributed by atoms with van der Waals surface area (Å²) in [6.45, 7) is 0. The van der Waals surface area contributed by atoms with E-state index < -0.39 is 11.2 Å². The van der Waals surface area contributed by atoms with Crippen LogP contribution in [0.2, 0.25) is 0 Å². The zero-order chi connectivity index (χ0) is 12.3. The van der Waals surface area contributed by atoms with Crippen molar-refractivity contribution in [3.05, 3.63) is 56.4 Å². The Labute approximate surface area is 96.3 Å². The van der Waals surface area contributed by atoms with Crippen LogP contribution in [-0.2, 0) is 6.42 Å². The lowest BCUT2D eigenvalue weighted by Crippen LogP contribution is -2.27. The Morgan fingerprint density at radius 1 is 1.29 bits per heavy atom. The quantitative estimate of drug-likeness (QED) is 0.784. The maximum absolute atomic E-state index is 11.5. The van der Waals surface area contributed by atoms with Crippen molar-refractivity contribution < 1.29 is 4.74 Å². The molecule has 0 unspecified atom stereocenters. The third-order valence-corrected chi connectivity index (χ3v) is 2.33. The molecule has 88 valence electrons. The Hall–Kier alpha value is -2.37. The third-order valence-electron chi connectivity index (χ3n) is 2.33. The molecule has 0 aliphatic rings. The van der Waals surface area contributed by atoms with Crippen LogP contribution in [0, 0.1) is 0 Å². The average Bonchev–Trinajstić information content (AvgIpc) is 2.33. The van der Waals surface area contributed by atoms with Gasteiger partial charge in [-0.1, -0.05) is 18.2 Å². The van der Waals surface area contributed by atoms with Crippen LogP contribution in [0.3, 0.4) is 0 Å². The molecule has 1 aromatic heterocycles. The molecule has 1 heterocycles. The Morgan fingerprint density at radius 2 is 2.06 bits per heavy atom. The van der Waals surface area contributed by atoms with Crippen molar-refractivity contribution in [2.45, 2.75) is 6.42 Å². The maximum Gasteiger partial charge on any atom is 0.342 e. The van der Waals surface area contributed by atoms with Crippen LogP contribution in [0.1, 0.15) is 11.3 Å². The molecule has 6 nitrogen and oxygen atoms in total. The minimum Gasteiger partial charge on any atom is -0.496 e. The van der Waals surface area contributed by atoms with Gasteiger partial charge in [-0.3, -0.25) is 9.78 Å². The molecule has 2 rings (SSSR count). The fourth-order valence-electron chi connectivity index (χ4n) is 1.52. The summed E-state index contributed by atoms with van der Waals surface area (Å²) in [6, 6.07) is 7.32. The zero-order valence-corrected chi connectivity index (χ0v) is 9.19. The molecule has 0 spiro atoms. The predicted molar refractivity (Wildman–Crippen MR) is 61.3 cm³/mol. The molecule has 0 saturated carbocycles. The minimum absolute atomic E-state index is 0.245. The van der Waals surface area contributed by atoms with Gasteiger partial charge in [0, 0.05) is 12.0 Å². The smallest absolute Gasteiger partial charge is 0.342 e. The molecular formula is C11H11N3O3. The number of methoxy groups -OCH3 is 1. The van der Waals surface area contributed by atoms with Crippen molar-refractivity contribution in [1.82, 2.24) is 15.2 Å². The number of hydrogen-bond donors (Lipinski definition) is 2. The number of benzene rings is 1. The molecule has 2 aromatic rings. The highest BCUT2D eigenvalue weighted by molar-refractivity contribution is 5.35. The van der Waals surface area contributed by atoms with Gasteiger partial charge in [-0.15, -0.1) is 0 Å². The second-order valence-electron chi connectivity index (χ2n) is 3.44. The maximum atomic E-state index is 11.5. The van der Waals surface area contributed by atoms with E-state index in [1.54, 1.807) is 13.2 Å². The van der Waals surface area contributed by atoms with Gasteiger partial charge in [0.25, 0.3) is 5.56 Å². The van der Waals surface area contributed by atoms with Crippen molar-refractivity contribution in [3.63, 3.8) is 0 Å². The van der Waals surface area contributed by atoms with Crippen molar-refractivity contribution in [2.24, 2.45) is 0 Å². The molecule has 6 heteroatoms. The molecule has 17 heavy (non-hydrogen) atoms. The first kappa shape index (κ1) is 11.1. The van der Waals surface area contributed by atoms with E-state index in [0.717, 1.165) is 5.56 Å². The van der Waals surface area contributed by atoms with E-state index in [2.05, 4.69) is 15.2 Å². The van der Waals surface area contributed by atoms with Crippen molar-refractivity contribution in [1.29, 1.82) is 0 Å². The SMILES string of the molecule is COc1ccccc1Cc1n[nH]c(=O)[nH]c1=O. The number of nitrogens with one attached hydrogen (secondary N) is 2. The monoisotopic (exact) mass is 233 g/mol. The highest BCUT2D eigenvalue weighted by atomic mass is 16.5. The second kappa shape index (κ2) is 4.65. The first-order valence-electron chi connectivity index (χ1n) is 5.00. The number of aromatic amines is 2. The highest BCUT2D eigenvalue weighted by Crippen LogP contribution is 2.18. The van der Waals surface area contributed by atoms with E-state index in [1.807, 2.05) is 18.2 Å². The largest absolute Gasteiger partial charge is 0.496 e. The summed E-state index contributed by atoms with van der Waals surface area (Å²) in [5, 5.41) is 5.91. The lowest BCUT2D eigenvalue weighted by atomic mass is 10.1. The number of nitrogens with zero attached hydrogens (tertiary/aromatic N) is 1. The first-order chi connectivity index (χ1) is 8.20. The number of para-hydroxylation sites is 1. The van der Waals surface area contributed by atoms with E-state index in [-0.39, 0.29) is 5.69 Å². The number of ether oxygens (including phenoxy) is 1. The van der Waals surface area contributed by atoms with E-state index in [9.17, 15) is 9.59 Å². The summed E-state index contributed by atoms with van der Waals surface area (Å²) in [7, 11) is 1.56. The molecule has 1 aromatic carbocycles. The molecule has 0 aliphatic carbocycles. The van der Waals surface area contributed by atoms with Crippen molar-refractivity contribution in [2.75, 3.05) is 7.11 Å². The number of H-pyrrole nitrogens is 2. The van der Waals surface area contributed by atoms with Crippen molar-refractivity contribution in [3.8, 4) is 5.75 Å². The number of rotatable bonds is 3. The van der Waals surface area contributed by atoms with E-state index >= 15 is 0 Å². The molecule has 0 atom stereocenters. The average molecular weight is 233 g/mol. The van der Waals surface area contributed by atoms with E-state index in [0.29, 0.717) is 12.2 Å². The summed E-state index contributed by atoms with van der Waals surface area (Å²) in [5.41, 5.74) is -0.0208. The highest BCUT2D eigenvalue weighted by Gasteiger charge is 2.07. The van der Waals surface area contributed by atoms with Crippen LogP contribution < -0.4 is 16.0 Å². The van der Waals surface area contributed by atoms with Gasteiger partial charge in [0.05, 0.1) is 7.11 Å². The number of hydrogen-bond acceptors (Lipinski definition) is 4. The minimum atomic E-state index is -0.612. The van der Waals surface area contributed by atoms with Crippen LogP contribution in [-0.4, -0.2) is 22.3 Å². The zero-order valence-electron chi connectivity index (χ0n) is 9.19. The topological polar surface area (TPSA) is 87.8 Å². The fraction of sp³-hybridized carbons (Fsp3) is 0.182. The Morgan fingerprint density at radius 3 is 2.76 bits per heavy atom. The van der Waals surface area contributed by atoms with Crippen LogP contribution in [0.25, 0.3) is 0 Å². The summed E-state index contributed by atoms with van der Waals surface area (Å²) in [4.78, 5) is 24.4. The van der Waals surface area contributed by atoms with E-state index in [4.69, 9.17) is 4.74 Å². The molecule has 0 saturated heterocycles. The summed E-state index contributed by atoms with van der Waals surface area (Å²) in [5.74, 6) is 0.680. The lowest BCUT2D eigenvalue weighted by Gasteiger charge is -2.06. The molecule has 0 amide bonds. The normalized spacial score (nSPS) is 10.2. The van der Waals surface area contributed by atoms with Crippen LogP contribution in [0.4, 0.5) is 0 Å². The second-order valence-corrected chi connectivity index (χ2v) is 3.44. The standard InChI is InChI=1S/C11H11N3O3/c1-17-9-5-3-2-4-7(9)6-8-10(15)12-11(16)14-13-8/h2-5H,6H2,1H3,(H2,12,14,15,16). The molecular weight excluding hydrogens is 222 g/mol. The van der Waals surface area contributed by atoms with Gasteiger partial charge in [0.2, 0.25) is 0 Å². The Balaban J connectivity index is 2.38. The van der Waals surface area contributed by atoms with Crippen LogP contribution in [0.5, 0.6) is 5.75 Å². The molecule has 0 bridgehead atoms. The summed E-state index contributed by atoms with van der Waals surface area (Å²) < 4.78 is 5.17. The van der Waals surface area contributed by atoms with Gasteiger partial charge in [0.1, 0.15) is 11.4 Å².